The molecule has 0 saturated heterocycles. The van der Waals surface area contributed by atoms with Crippen LogP contribution in [0.25, 0.3) is 0 Å². The largest absolute Gasteiger partial charge is 0.494 e. The zero-order valence-electron chi connectivity index (χ0n) is 17.2. The molecule has 154 valence electrons. The highest BCUT2D eigenvalue weighted by Crippen LogP contribution is 2.17. The number of likely N-dealkylation sites (N-methyl/N-ethyl adjacent to an activating group) is 1. The molecule has 0 aliphatic heterocycles. The minimum atomic E-state index is -0.590. The highest BCUT2D eigenvalue weighted by Gasteiger charge is 2.30. The highest BCUT2D eigenvalue weighted by atomic mass is 35.5. The lowest BCUT2D eigenvalue weighted by Crippen LogP contribution is -2.52. The Labute approximate surface area is 169 Å². The van der Waals surface area contributed by atoms with E-state index in [0.717, 1.165) is 0 Å². The van der Waals surface area contributed by atoms with Crippen LogP contribution in [0.15, 0.2) is 24.3 Å². The lowest BCUT2D eigenvalue weighted by Gasteiger charge is -2.32. The number of amides is 2. The van der Waals surface area contributed by atoms with Crippen LogP contribution in [0, 0.1) is 11.3 Å². The summed E-state index contributed by atoms with van der Waals surface area (Å²) >= 11 is 0. The molecular formula is C20H34ClN3O3. The molecule has 3 N–H and O–H groups in total. The molecule has 0 fully saturated rings. The number of hydrogen-bond donors (Lipinski definition) is 2. The van der Waals surface area contributed by atoms with Gasteiger partial charge in [0, 0.05) is 19.2 Å². The van der Waals surface area contributed by atoms with Crippen molar-refractivity contribution in [3.05, 3.63) is 29.8 Å². The highest BCUT2D eigenvalue weighted by molar-refractivity contribution is 5.97. The lowest BCUT2D eigenvalue weighted by atomic mass is 9.92. The van der Waals surface area contributed by atoms with Crippen molar-refractivity contribution in [2.45, 2.75) is 40.7 Å². The van der Waals surface area contributed by atoms with E-state index in [-0.39, 0.29) is 35.6 Å². The van der Waals surface area contributed by atoms with E-state index in [9.17, 15) is 9.59 Å². The molecule has 0 aromatic heterocycles. The monoisotopic (exact) mass is 399 g/mol. The van der Waals surface area contributed by atoms with E-state index in [1.807, 2.05) is 34.6 Å². The fraction of sp³-hybridized carbons (Fsp3) is 0.600. The van der Waals surface area contributed by atoms with Crippen LogP contribution in [0.3, 0.4) is 0 Å². The summed E-state index contributed by atoms with van der Waals surface area (Å²) < 4.78 is 5.38. The summed E-state index contributed by atoms with van der Waals surface area (Å²) in [4.78, 5) is 27.0. The molecule has 0 aliphatic rings. The van der Waals surface area contributed by atoms with Crippen molar-refractivity contribution in [2.75, 3.05) is 26.7 Å². The smallest absolute Gasteiger partial charge is 0.251 e. The van der Waals surface area contributed by atoms with E-state index >= 15 is 0 Å². The first-order valence-electron chi connectivity index (χ1n) is 9.10. The van der Waals surface area contributed by atoms with Crippen LogP contribution in [-0.4, -0.2) is 49.5 Å². The predicted molar refractivity (Wildman–Crippen MR) is 111 cm³/mol. The molecule has 1 rings (SSSR count). The number of hydrogen-bond acceptors (Lipinski definition) is 4. The van der Waals surface area contributed by atoms with Crippen LogP contribution < -0.4 is 15.8 Å². The van der Waals surface area contributed by atoms with Crippen molar-refractivity contribution >= 4 is 24.2 Å². The summed E-state index contributed by atoms with van der Waals surface area (Å²) in [6.07, 6.45) is 0. The van der Waals surface area contributed by atoms with Crippen molar-refractivity contribution < 1.29 is 14.3 Å². The van der Waals surface area contributed by atoms with Crippen molar-refractivity contribution in [3.8, 4) is 5.75 Å². The molecule has 1 aromatic carbocycles. The Kier molecular flexibility index (Phi) is 10.4. The zero-order valence-corrected chi connectivity index (χ0v) is 18.1. The number of nitrogens with two attached hydrogens (primary N) is 1. The van der Waals surface area contributed by atoms with Crippen LogP contribution in [0.4, 0.5) is 0 Å². The van der Waals surface area contributed by atoms with Crippen LogP contribution in [-0.2, 0) is 4.79 Å². The molecule has 0 saturated carbocycles. The van der Waals surface area contributed by atoms with Gasteiger partial charge in [-0.25, -0.2) is 0 Å². The first-order chi connectivity index (χ1) is 12.1. The second kappa shape index (κ2) is 11.1. The number of nitrogens with one attached hydrogen (secondary N) is 1. The number of nitrogens with zero attached hydrogens (tertiary/aromatic N) is 1. The van der Waals surface area contributed by atoms with Crippen molar-refractivity contribution in [3.63, 3.8) is 0 Å². The van der Waals surface area contributed by atoms with E-state index < -0.39 is 6.04 Å². The molecule has 0 radical (unpaired) electrons. The minimum absolute atomic E-state index is 0. The van der Waals surface area contributed by atoms with Gasteiger partial charge in [0.25, 0.3) is 5.91 Å². The van der Waals surface area contributed by atoms with Gasteiger partial charge >= 0.3 is 0 Å². The summed E-state index contributed by atoms with van der Waals surface area (Å²) in [5.41, 5.74) is 6.08. The number of benzene rings is 1. The molecule has 0 aliphatic carbocycles. The Morgan fingerprint density at radius 1 is 1.22 bits per heavy atom. The van der Waals surface area contributed by atoms with Gasteiger partial charge in [0.2, 0.25) is 5.91 Å². The molecule has 1 aromatic rings. The summed E-state index contributed by atoms with van der Waals surface area (Å²) in [5.74, 6) is 0.300. The molecule has 1 unspecified atom stereocenters. The van der Waals surface area contributed by atoms with Gasteiger partial charge in [-0.1, -0.05) is 27.7 Å². The Hall–Kier alpha value is -1.79. The maximum absolute atomic E-state index is 12.8. The fourth-order valence-corrected chi connectivity index (χ4v) is 2.63. The SMILES string of the molecule is CCOc1ccc(C(=O)NC(C(=O)N(C)CC(C)(C)CN)C(C)C)cc1.Cl. The molecule has 0 heterocycles. The van der Waals surface area contributed by atoms with Gasteiger partial charge in [0.05, 0.1) is 6.61 Å². The standard InChI is InChI=1S/C20H33N3O3.ClH/c1-7-26-16-10-8-15(9-11-16)18(24)22-17(14(2)3)19(25)23(6)13-20(4,5)12-21;/h8-11,14,17H,7,12-13,21H2,1-6H3,(H,22,24);1H. The molecule has 1 atom stereocenters. The fourth-order valence-electron chi connectivity index (χ4n) is 2.63. The molecule has 2 amide bonds. The second-order valence-corrected chi connectivity index (χ2v) is 7.72. The number of carbonyl (C=O) groups excluding carboxylic acids is 2. The van der Waals surface area contributed by atoms with Gasteiger partial charge in [0.15, 0.2) is 0 Å². The van der Waals surface area contributed by atoms with E-state index in [1.165, 1.54) is 0 Å². The second-order valence-electron chi connectivity index (χ2n) is 7.72. The van der Waals surface area contributed by atoms with E-state index in [1.54, 1.807) is 36.2 Å². The number of halogens is 1. The van der Waals surface area contributed by atoms with E-state index in [0.29, 0.717) is 31.0 Å². The Balaban J connectivity index is 0.00000676. The molecular weight excluding hydrogens is 366 g/mol. The van der Waals surface area contributed by atoms with Crippen molar-refractivity contribution in [1.29, 1.82) is 0 Å². The summed E-state index contributed by atoms with van der Waals surface area (Å²) in [5, 5.41) is 2.87. The topological polar surface area (TPSA) is 84.7 Å². The van der Waals surface area contributed by atoms with Gasteiger partial charge in [0.1, 0.15) is 11.8 Å². The van der Waals surface area contributed by atoms with E-state index in [2.05, 4.69) is 5.32 Å². The van der Waals surface area contributed by atoms with Crippen LogP contribution >= 0.6 is 12.4 Å². The van der Waals surface area contributed by atoms with E-state index in [4.69, 9.17) is 10.5 Å². The van der Waals surface area contributed by atoms with Gasteiger partial charge in [-0.2, -0.15) is 0 Å². The number of carbonyl (C=O) groups is 2. The van der Waals surface area contributed by atoms with Gasteiger partial charge < -0.3 is 20.7 Å². The predicted octanol–water partition coefficient (Wildman–Crippen LogP) is 2.70. The van der Waals surface area contributed by atoms with Crippen molar-refractivity contribution in [1.82, 2.24) is 10.2 Å². The minimum Gasteiger partial charge on any atom is -0.494 e. The number of rotatable bonds is 9. The Bertz CT molecular complexity index is 603. The third-order valence-corrected chi connectivity index (χ3v) is 4.24. The molecule has 0 spiro atoms. The third-order valence-electron chi connectivity index (χ3n) is 4.24. The van der Waals surface area contributed by atoms with Gasteiger partial charge in [-0.3, -0.25) is 9.59 Å². The Morgan fingerprint density at radius 3 is 2.22 bits per heavy atom. The lowest BCUT2D eigenvalue weighted by molar-refractivity contribution is -0.134. The maximum atomic E-state index is 12.8. The normalized spacial score (nSPS) is 12.1. The third kappa shape index (κ3) is 7.77. The van der Waals surface area contributed by atoms with Crippen molar-refractivity contribution in [2.24, 2.45) is 17.1 Å². The summed E-state index contributed by atoms with van der Waals surface area (Å²) in [7, 11) is 1.75. The first kappa shape index (κ1) is 25.2. The summed E-state index contributed by atoms with van der Waals surface area (Å²) in [6, 6.07) is 6.31. The average Bonchev–Trinajstić information content (AvgIpc) is 2.59. The summed E-state index contributed by atoms with van der Waals surface area (Å²) in [6.45, 7) is 11.4. The quantitative estimate of drug-likeness (QED) is 0.668. The van der Waals surface area contributed by atoms with Crippen LogP contribution in [0.2, 0.25) is 0 Å². The molecule has 7 heteroatoms. The van der Waals surface area contributed by atoms with Crippen LogP contribution in [0.5, 0.6) is 5.75 Å². The molecule has 0 bridgehead atoms. The first-order valence-corrected chi connectivity index (χ1v) is 9.10. The van der Waals surface area contributed by atoms with Crippen LogP contribution in [0.1, 0.15) is 45.0 Å². The zero-order chi connectivity index (χ0) is 19.9. The molecule has 6 nitrogen and oxygen atoms in total. The molecule has 27 heavy (non-hydrogen) atoms. The van der Waals surface area contributed by atoms with Gasteiger partial charge in [-0.15, -0.1) is 12.4 Å². The maximum Gasteiger partial charge on any atom is 0.251 e. The Morgan fingerprint density at radius 2 is 1.78 bits per heavy atom. The van der Waals surface area contributed by atoms with Gasteiger partial charge in [-0.05, 0) is 49.1 Å². The average molecular weight is 400 g/mol. The number of ether oxygens (including phenoxy) is 1.